The fraction of sp³-hybridized carbons (Fsp3) is 0.481. The van der Waals surface area contributed by atoms with Gasteiger partial charge in [-0.05, 0) is 61.1 Å². The van der Waals surface area contributed by atoms with Gasteiger partial charge in [0.15, 0.2) is 0 Å². The summed E-state index contributed by atoms with van der Waals surface area (Å²) in [6.45, 7) is 3.54. The summed E-state index contributed by atoms with van der Waals surface area (Å²) < 4.78 is 64.0. The van der Waals surface area contributed by atoms with Gasteiger partial charge >= 0.3 is 11.9 Å². The minimum absolute atomic E-state index is 0.0350. The maximum absolute atomic E-state index is 12.1. The van der Waals surface area contributed by atoms with Crippen molar-refractivity contribution in [3.63, 3.8) is 0 Å². The molecule has 41 heavy (non-hydrogen) atoms. The van der Waals surface area contributed by atoms with Gasteiger partial charge in [0.1, 0.15) is 23.6 Å². The van der Waals surface area contributed by atoms with Crippen LogP contribution < -0.4 is 18.9 Å². The number of carboxylic acid groups (broad SMARTS) is 2. The molecule has 0 amide bonds. The number of sulfonamides is 2. The molecule has 12 nitrogen and oxygen atoms in total. The van der Waals surface area contributed by atoms with Gasteiger partial charge in [0, 0.05) is 0 Å². The molecular weight excluding hydrogens is 576 g/mol. The van der Waals surface area contributed by atoms with Crippen LogP contribution in [0.15, 0.2) is 48.5 Å². The average molecular weight is 615 g/mol. The SMILES string of the molecule is CCCCS(=O)(=O)N[C@@H](Cc1ccc(OCOc2ccc(C[C@H](NS(=O)(=O)CCCC)C(=O)O)cc2)cc1)C(=O)O. The van der Waals surface area contributed by atoms with Crippen molar-refractivity contribution in [2.24, 2.45) is 0 Å². The van der Waals surface area contributed by atoms with E-state index in [-0.39, 0.29) is 31.1 Å². The minimum Gasteiger partial charge on any atom is -0.480 e. The predicted octanol–water partition coefficient (Wildman–Crippen LogP) is 2.53. The predicted molar refractivity (Wildman–Crippen MR) is 153 cm³/mol. The number of hydrogen-bond donors (Lipinski definition) is 4. The molecule has 0 aliphatic heterocycles. The molecule has 2 atom stereocenters. The molecule has 0 bridgehead atoms. The lowest BCUT2D eigenvalue weighted by Gasteiger charge is -2.15. The zero-order valence-corrected chi connectivity index (χ0v) is 24.7. The molecule has 0 fully saturated rings. The average Bonchev–Trinajstić information content (AvgIpc) is 2.91. The number of hydrogen-bond acceptors (Lipinski definition) is 8. The van der Waals surface area contributed by atoms with Gasteiger partial charge in [0.2, 0.25) is 26.8 Å². The molecule has 0 saturated carbocycles. The molecule has 0 heterocycles. The molecular formula is C27H38N2O10S2. The molecule has 2 aromatic carbocycles. The zero-order chi connectivity index (χ0) is 30.5. The van der Waals surface area contributed by atoms with E-state index in [1.54, 1.807) is 48.5 Å². The topological polar surface area (TPSA) is 185 Å². The third kappa shape index (κ3) is 12.9. The van der Waals surface area contributed by atoms with Crippen LogP contribution in [-0.4, -0.2) is 69.4 Å². The van der Waals surface area contributed by atoms with Crippen LogP contribution in [0.1, 0.15) is 50.7 Å². The second kappa shape index (κ2) is 16.3. The highest BCUT2D eigenvalue weighted by molar-refractivity contribution is 7.89. The Hall–Kier alpha value is -3.20. The van der Waals surface area contributed by atoms with Gasteiger partial charge in [0.05, 0.1) is 11.5 Å². The third-order valence-corrected chi connectivity index (χ3v) is 8.89. The zero-order valence-electron chi connectivity index (χ0n) is 23.1. The molecule has 0 aliphatic rings. The first-order valence-electron chi connectivity index (χ1n) is 13.2. The number of ether oxygens (including phenoxy) is 2. The van der Waals surface area contributed by atoms with Crippen LogP contribution in [0.2, 0.25) is 0 Å². The van der Waals surface area contributed by atoms with E-state index in [4.69, 9.17) is 9.47 Å². The van der Waals surface area contributed by atoms with Crippen LogP contribution in [-0.2, 0) is 42.5 Å². The first-order valence-corrected chi connectivity index (χ1v) is 16.5. The Morgan fingerprint density at radius 3 is 1.32 bits per heavy atom. The summed E-state index contributed by atoms with van der Waals surface area (Å²) in [6.07, 6.45) is 2.16. The summed E-state index contributed by atoms with van der Waals surface area (Å²) in [7, 11) is -7.41. The number of benzene rings is 2. The van der Waals surface area contributed by atoms with E-state index >= 15 is 0 Å². The molecule has 2 rings (SSSR count). The highest BCUT2D eigenvalue weighted by Crippen LogP contribution is 2.17. The molecule has 14 heteroatoms. The van der Waals surface area contributed by atoms with Gasteiger partial charge in [-0.15, -0.1) is 0 Å². The standard InChI is InChI=1S/C27H38N2O10S2/c1-3-5-15-40(34,35)28-24(26(30)31)17-20-7-11-22(12-8-20)38-19-39-23-13-9-21(10-14-23)18-25(27(32)33)29-41(36,37)16-6-4-2/h7-14,24-25,28-29H,3-6,15-19H2,1-2H3,(H,30,31)(H,32,33)/t24-,25-/m0/s1. The molecule has 2 aromatic rings. The van der Waals surface area contributed by atoms with Crippen molar-refractivity contribution < 1.29 is 46.1 Å². The lowest BCUT2D eigenvalue weighted by Crippen LogP contribution is -2.43. The van der Waals surface area contributed by atoms with Crippen molar-refractivity contribution in [3.8, 4) is 11.5 Å². The number of carbonyl (C=O) groups is 2. The highest BCUT2D eigenvalue weighted by Gasteiger charge is 2.25. The van der Waals surface area contributed by atoms with Crippen LogP contribution in [0.25, 0.3) is 0 Å². The van der Waals surface area contributed by atoms with Crippen molar-refractivity contribution in [3.05, 3.63) is 59.7 Å². The van der Waals surface area contributed by atoms with Gasteiger partial charge in [-0.25, -0.2) is 26.3 Å². The van der Waals surface area contributed by atoms with E-state index < -0.39 is 44.1 Å². The molecule has 4 N–H and O–H groups in total. The van der Waals surface area contributed by atoms with Crippen molar-refractivity contribution in [1.82, 2.24) is 9.44 Å². The van der Waals surface area contributed by atoms with E-state index in [2.05, 4.69) is 9.44 Å². The van der Waals surface area contributed by atoms with Crippen LogP contribution in [0.5, 0.6) is 11.5 Å². The Balaban J connectivity index is 1.87. The largest absolute Gasteiger partial charge is 0.480 e. The summed E-state index contributed by atoms with van der Waals surface area (Å²) in [5.74, 6) is -1.91. The minimum atomic E-state index is -3.70. The fourth-order valence-corrected chi connectivity index (χ4v) is 6.47. The van der Waals surface area contributed by atoms with Crippen LogP contribution in [0.4, 0.5) is 0 Å². The summed E-state index contributed by atoms with van der Waals surface area (Å²) in [6, 6.07) is 10.4. The number of aliphatic carboxylic acids is 2. The van der Waals surface area contributed by atoms with Crippen molar-refractivity contribution >= 4 is 32.0 Å². The van der Waals surface area contributed by atoms with E-state index in [9.17, 15) is 36.6 Å². The molecule has 0 radical (unpaired) electrons. The quantitative estimate of drug-likeness (QED) is 0.162. The van der Waals surface area contributed by atoms with Crippen LogP contribution >= 0.6 is 0 Å². The third-order valence-electron chi connectivity index (χ3n) is 5.95. The Kier molecular flexibility index (Phi) is 13.5. The fourth-order valence-electron chi connectivity index (χ4n) is 3.66. The van der Waals surface area contributed by atoms with Gasteiger partial charge in [-0.2, -0.15) is 0 Å². The molecule has 228 valence electrons. The summed E-state index contributed by atoms with van der Waals surface area (Å²) in [4.78, 5) is 23.1. The van der Waals surface area contributed by atoms with Crippen LogP contribution in [0.3, 0.4) is 0 Å². The van der Waals surface area contributed by atoms with Gasteiger partial charge < -0.3 is 19.7 Å². The maximum atomic E-state index is 12.1. The van der Waals surface area contributed by atoms with Crippen molar-refractivity contribution in [1.29, 1.82) is 0 Å². The summed E-state index contributed by atoms with van der Waals surface area (Å²) in [5.41, 5.74) is 1.21. The molecule has 0 aromatic heterocycles. The van der Waals surface area contributed by atoms with E-state index in [1.807, 2.05) is 13.8 Å². The molecule has 0 aliphatic carbocycles. The molecule has 0 saturated heterocycles. The molecule has 0 spiro atoms. The van der Waals surface area contributed by atoms with Gasteiger partial charge in [0.25, 0.3) is 0 Å². The Morgan fingerprint density at radius 2 is 1.02 bits per heavy atom. The van der Waals surface area contributed by atoms with Crippen LogP contribution in [0, 0.1) is 0 Å². The van der Waals surface area contributed by atoms with E-state index in [1.165, 1.54) is 0 Å². The lowest BCUT2D eigenvalue weighted by atomic mass is 10.1. The number of unbranched alkanes of at least 4 members (excludes halogenated alkanes) is 2. The van der Waals surface area contributed by atoms with E-state index in [0.29, 0.717) is 48.3 Å². The Morgan fingerprint density at radius 1 is 0.683 bits per heavy atom. The molecule has 0 unspecified atom stereocenters. The summed E-state index contributed by atoms with van der Waals surface area (Å²) in [5, 5.41) is 18.9. The Labute approximate surface area is 241 Å². The van der Waals surface area contributed by atoms with Crippen molar-refractivity contribution in [2.45, 2.75) is 64.5 Å². The first-order chi connectivity index (χ1) is 19.3. The smallest absolute Gasteiger partial charge is 0.322 e. The first kappa shape index (κ1) is 34.0. The lowest BCUT2D eigenvalue weighted by molar-refractivity contribution is -0.139. The monoisotopic (exact) mass is 614 g/mol. The summed E-state index contributed by atoms with van der Waals surface area (Å²) >= 11 is 0. The number of nitrogens with one attached hydrogen (secondary N) is 2. The van der Waals surface area contributed by atoms with Gasteiger partial charge in [-0.1, -0.05) is 51.0 Å². The van der Waals surface area contributed by atoms with Crippen molar-refractivity contribution in [2.75, 3.05) is 18.3 Å². The maximum Gasteiger partial charge on any atom is 0.322 e. The number of carboxylic acids is 2. The normalized spacial score (nSPS) is 13.3. The highest BCUT2D eigenvalue weighted by atomic mass is 32.2. The number of rotatable bonds is 20. The second-order valence-electron chi connectivity index (χ2n) is 9.46. The van der Waals surface area contributed by atoms with Gasteiger partial charge in [-0.3, -0.25) is 9.59 Å². The second-order valence-corrected chi connectivity index (χ2v) is 13.2. The Bertz CT molecular complexity index is 1230. The van der Waals surface area contributed by atoms with E-state index in [0.717, 1.165) is 0 Å².